The van der Waals surface area contributed by atoms with Gasteiger partial charge in [0.2, 0.25) is 11.9 Å². The van der Waals surface area contributed by atoms with Crippen LogP contribution in [-0.2, 0) is 4.79 Å². The lowest BCUT2D eigenvalue weighted by Crippen LogP contribution is -2.42. The Morgan fingerprint density at radius 1 is 1.32 bits per heavy atom. The van der Waals surface area contributed by atoms with Crippen molar-refractivity contribution >= 4 is 17.7 Å². The van der Waals surface area contributed by atoms with Gasteiger partial charge in [-0.05, 0) is 37.7 Å². The van der Waals surface area contributed by atoms with Crippen molar-refractivity contribution in [3.63, 3.8) is 0 Å². The molecule has 0 radical (unpaired) electrons. The number of anilines is 2. The maximum atomic E-state index is 12.6. The lowest BCUT2D eigenvalue weighted by molar-refractivity contribution is -0.133. The number of rotatable bonds is 6. The van der Waals surface area contributed by atoms with E-state index in [0.29, 0.717) is 18.5 Å². The summed E-state index contributed by atoms with van der Waals surface area (Å²) in [7, 11) is 0. The molecule has 0 aliphatic carbocycles. The van der Waals surface area contributed by atoms with Crippen LogP contribution in [0.3, 0.4) is 0 Å². The summed E-state index contributed by atoms with van der Waals surface area (Å²) in [4.78, 5) is 25.1. The standard InChI is InChI=1S/C18H30N6O/c1-2-6-14-11-23(13-17(25)24-9-4-3-5-10-24)12-15(14)21-16-7-8-20-18(19)22-16/h7-8,14-15H,2-6,9-13H2,1H3,(H3,19,20,21,22)/t14-,15-/m0/s1. The number of likely N-dealkylation sites (tertiary alicyclic amines) is 2. The van der Waals surface area contributed by atoms with Crippen LogP contribution in [0.2, 0.25) is 0 Å². The third-order valence-electron chi connectivity index (χ3n) is 5.25. The van der Waals surface area contributed by atoms with Crippen molar-refractivity contribution in [1.82, 2.24) is 19.8 Å². The van der Waals surface area contributed by atoms with Gasteiger partial charge in [0.1, 0.15) is 5.82 Å². The van der Waals surface area contributed by atoms with Gasteiger partial charge in [-0.3, -0.25) is 9.69 Å². The maximum Gasteiger partial charge on any atom is 0.236 e. The molecule has 0 unspecified atom stereocenters. The molecule has 2 fully saturated rings. The summed E-state index contributed by atoms with van der Waals surface area (Å²) in [6.45, 7) is 6.42. The molecule has 1 aromatic rings. The molecule has 0 aromatic carbocycles. The van der Waals surface area contributed by atoms with Gasteiger partial charge in [-0.1, -0.05) is 13.3 Å². The van der Waals surface area contributed by atoms with E-state index in [-0.39, 0.29) is 11.9 Å². The molecule has 0 spiro atoms. The Morgan fingerprint density at radius 2 is 2.12 bits per heavy atom. The van der Waals surface area contributed by atoms with E-state index in [0.717, 1.165) is 57.7 Å². The molecule has 3 N–H and O–H groups in total. The molecule has 25 heavy (non-hydrogen) atoms. The molecule has 0 saturated carbocycles. The van der Waals surface area contributed by atoms with Crippen LogP contribution in [0.25, 0.3) is 0 Å². The highest BCUT2D eigenvalue weighted by Crippen LogP contribution is 2.25. The number of nitrogens with zero attached hydrogens (tertiary/aromatic N) is 4. The summed E-state index contributed by atoms with van der Waals surface area (Å²) in [6, 6.07) is 2.14. The fraction of sp³-hybridized carbons (Fsp3) is 0.722. The molecule has 138 valence electrons. The number of carbonyl (C=O) groups is 1. The van der Waals surface area contributed by atoms with Gasteiger partial charge in [0.25, 0.3) is 0 Å². The Bertz CT molecular complexity index is 574. The first kappa shape index (κ1) is 17.9. The van der Waals surface area contributed by atoms with Crippen LogP contribution < -0.4 is 11.1 Å². The Morgan fingerprint density at radius 3 is 2.84 bits per heavy atom. The molecular formula is C18H30N6O. The van der Waals surface area contributed by atoms with Crippen molar-refractivity contribution in [2.75, 3.05) is 43.8 Å². The van der Waals surface area contributed by atoms with Crippen LogP contribution in [-0.4, -0.2) is 64.4 Å². The van der Waals surface area contributed by atoms with Gasteiger partial charge in [-0.25, -0.2) is 4.98 Å². The topological polar surface area (TPSA) is 87.4 Å². The third-order valence-corrected chi connectivity index (χ3v) is 5.25. The van der Waals surface area contributed by atoms with Crippen LogP contribution in [0, 0.1) is 5.92 Å². The van der Waals surface area contributed by atoms with Gasteiger partial charge in [0.05, 0.1) is 6.54 Å². The van der Waals surface area contributed by atoms with E-state index in [4.69, 9.17) is 5.73 Å². The molecule has 0 bridgehead atoms. The van der Waals surface area contributed by atoms with Gasteiger partial charge in [0.15, 0.2) is 0 Å². The quantitative estimate of drug-likeness (QED) is 0.813. The van der Waals surface area contributed by atoms with E-state index in [1.54, 1.807) is 6.20 Å². The van der Waals surface area contributed by atoms with E-state index in [1.807, 2.05) is 11.0 Å². The molecule has 7 heteroatoms. The highest BCUT2D eigenvalue weighted by atomic mass is 16.2. The van der Waals surface area contributed by atoms with Gasteiger partial charge >= 0.3 is 0 Å². The van der Waals surface area contributed by atoms with Crippen LogP contribution in [0.5, 0.6) is 0 Å². The SMILES string of the molecule is CCC[C@H]1CN(CC(=O)N2CCCCC2)C[C@@H]1Nc1ccnc(N)n1. The Hall–Kier alpha value is -1.89. The normalized spacial score (nSPS) is 24.4. The Labute approximate surface area is 150 Å². The second kappa shape index (κ2) is 8.47. The fourth-order valence-electron chi connectivity index (χ4n) is 4.00. The average Bonchev–Trinajstić information content (AvgIpc) is 2.97. The number of amides is 1. The monoisotopic (exact) mass is 346 g/mol. The van der Waals surface area contributed by atoms with E-state index in [9.17, 15) is 4.79 Å². The zero-order valence-corrected chi connectivity index (χ0v) is 15.2. The maximum absolute atomic E-state index is 12.6. The molecule has 3 heterocycles. The minimum atomic E-state index is 0.280. The second-order valence-corrected chi connectivity index (χ2v) is 7.24. The van der Waals surface area contributed by atoms with Crippen LogP contribution in [0.4, 0.5) is 11.8 Å². The van der Waals surface area contributed by atoms with E-state index in [2.05, 4.69) is 27.1 Å². The summed E-state index contributed by atoms with van der Waals surface area (Å²) >= 11 is 0. The van der Waals surface area contributed by atoms with E-state index < -0.39 is 0 Å². The molecule has 2 aliphatic heterocycles. The van der Waals surface area contributed by atoms with Crippen molar-refractivity contribution in [1.29, 1.82) is 0 Å². The smallest absolute Gasteiger partial charge is 0.236 e. The summed E-state index contributed by atoms with van der Waals surface area (Å²) < 4.78 is 0. The van der Waals surface area contributed by atoms with Crippen LogP contribution in [0.15, 0.2) is 12.3 Å². The van der Waals surface area contributed by atoms with Gasteiger partial charge in [0, 0.05) is 38.4 Å². The van der Waals surface area contributed by atoms with Crippen molar-refractivity contribution < 1.29 is 4.79 Å². The molecule has 1 amide bonds. The van der Waals surface area contributed by atoms with E-state index in [1.165, 1.54) is 6.42 Å². The minimum Gasteiger partial charge on any atom is -0.368 e. The number of nitrogen functional groups attached to an aromatic ring is 1. The largest absolute Gasteiger partial charge is 0.368 e. The van der Waals surface area contributed by atoms with Gasteiger partial charge < -0.3 is 16.0 Å². The predicted octanol–water partition coefficient (Wildman–Crippen LogP) is 1.58. The zero-order valence-electron chi connectivity index (χ0n) is 15.2. The molecule has 2 aliphatic rings. The highest BCUT2D eigenvalue weighted by molar-refractivity contribution is 5.78. The Kier molecular flexibility index (Phi) is 6.07. The molecule has 7 nitrogen and oxygen atoms in total. The average molecular weight is 346 g/mol. The molecule has 2 atom stereocenters. The first-order valence-electron chi connectivity index (χ1n) is 9.51. The Balaban J connectivity index is 1.58. The first-order chi connectivity index (χ1) is 12.2. The predicted molar refractivity (Wildman–Crippen MR) is 99.1 cm³/mol. The molecule has 1 aromatic heterocycles. The van der Waals surface area contributed by atoms with Crippen LogP contribution in [0.1, 0.15) is 39.0 Å². The van der Waals surface area contributed by atoms with Gasteiger partial charge in [-0.2, -0.15) is 4.98 Å². The summed E-state index contributed by atoms with van der Waals surface area (Å²) in [5.74, 6) is 1.85. The molecule has 2 saturated heterocycles. The number of hydrogen-bond donors (Lipinski definition) is 2. The van der Waals surface area contributed by atoms with Crippen molar-refractivity contribution in [2.45, 2.75) is 45.1 Å². The van der Waals surface area contributed by atoms with Crippen LogP contribution >= 0.6 is 0 Å². The van der Waals surface area contributed by atoms with Crippen molar-refractivity contribution in [3.05, 3.63) is 12.3 Å². The number of carbonyl (C=O) groups excluding carboxylic acids is 1. The highest BCUT2D eigenvalue weighted by Gasteiger charge is 2.34. The van der Waals surface area contributed by atoms with Crippen molar-refractivity contribution in [3.8, 4) is 0 Å². The number of nitrogens with two attached hydrogens (primary N) is 1. The number of nitrogens with one attached hydrogen (secondary N) is 1. The van der Waals surface area contributed by atoms with Gasteiger partial charge in [-0.15, -0.1) is 0 Å². The molecular weight excluding hydrogens is 316 g/mol. The minimum absolute atomic E-state index is 0.280. The number of hydrogen-bond acceptors (Lipinski definition) is 6. The number of aromatic nitrogens is 2. The van der Waals surface area contributed by atoms with Crippen molar-refractivity contribution in [2.24, 2.45) is 5.92 Å². The zero-order chi connectivity index (χ0) is 17.6. The summed E-state index contributed by atoms with van der Waals surface area (Å²) in [6.07, 6.45) is 7.49. The lowest BCUT2D eigenvalue weighted by Gasteiger charge is -2.28. The molecule has 3 rings (SSSR count). The third kappa shape index (κ3) is 4.81. The fourth-order valence-corrected chi connectivity index (χ4v) is 4.00. The second-order valence-electron chi connectivity index (χ2n) is 7.24. The summed E-state index contributed by atoms with van der Waals surface area (Å²) in [5.41, 5.74) is 5.68. The first-order valence-corrected chi connectivity index (χ1v) is 9.51. The number of piperidine rings is 1. The summed E-state index contributed by atoms with van der Waals surface area (Å²) in [5, 5.41) is 3.50. The lowest BCUT2D eigenvalue weighted by atomic mass is 9.98. The van der Waals surface area contributed by atoms with E-state index >= 15 is 0 Å².